The van der Waals surface area contributed by atoms with E-state index >= 15 is 0 Å². The summed E-state index contributed by atoms with van der Waals surface area (Å²) in [4.78, 5) is 6.58. The Kier molecular flexibility index (Phi) is 7.89. The van der Waals surface area contributed by atoms with Crippen molar-refractivity contribution < 1.29 is 9.47 Å². The summed E-state index contributed by atoms with van der Waals surface area (Å²) >= 11 is 0. The van der Waals surface area contributed by atoms with Crippen molar-refractivity contribution in [3.8, 4) is 5.75 Å². The Morgan fingerprint density at radius 3 is 3.04 bits per heavy atom. The molecule has 1 saturated heterocycles. The smallest absolute Gasteiger partial charge is 0.193 e. The van der Waals surface area contributed by atoms with Crippen molar-refractivity contribution in [3.63, 3.8) is 0 Å². The second kappa shape index (κ2) is 10.2. The van der Waals surface area contributed by atoms with Crippen LogP contribution in [0.3, 0.4) is 0 Å². The molecule has 2 rings (SSSR count). The lowest BCUT2D eigenvalue weighted by Gasteiger charge is -2.24. The van der Waals surface area contributed by atoms with Crippen LogP contribution in [0.15, 0.2) is 29.3 Å². The van der Waals surface area contributed by atoms with Crippen molar-refractivity contribution in [2.75, 3.05) is 47.0 Å². The zero-order valence-electron chi connectivity index (χ0n) is 15.3. The molecule has 0 radical (unpaired) electrons. The first-order valence-corrected chi connectivity index (χ1v) is 8.94. The molecule has 1 unspecified atom stereocenters. The molecule has 0 aliphatic carbocycles. The Balaban J connectivity index is 1.76. The quantitative estimate of drug-likeness (QED) is 0.587. The van der Waals surface area contributed by atoms with Crippen LogP contribution in [0.1, 0.15) is 25.3 Å². The van der Waals surface area contributed by atoms with Crippen molar-refractivity contribution in [1.82, 2.24) is 10.2 Å². The molecule has 0 aromatic heterocycles. The van der Waals surface area contributed by atoms with Crippen LogP contribution < -0.4 is 10.1 Å². The number of hydrogen-bond donors (Lipinski definition) is 1. The fourth-order valence-electron chi connectivity index (χ4n) is 2.92. The molecule has 1 fully saturated rings. The lowest BCUT2D eigenvalue weighted by molar-refractivity contribution is 0.181. The SMILES string of the molecule is CCCOc1cccc(CCNC(=NC)N(C)CC2CCOC2)c1. The number of nitrogens with zero attached hydrogens (tertiary/aromatic N) is 2. The minimum atomic E-state index is 0.612. The third-order valence-corrected chi connectivity index (χ3v) is 4.20. The third-order valence-electron chi connectivity index (χ3n) is 4.20. The van der Waals surface area contributed by atoms with Crippen molar-refractivity contribution >= 4 is 5.96 Å². The standard InChI is InChI=1S/C19H31N3O2/c1-4-11-24-18-7-5-6-16(13-18)8-10-21-19(20-2)22(3)14-17-9-12-23-15-17/h5-7,13,17H,4,8-12,14-15H2,1-3H3,(H,20,21). The van der Waals surface area contributed by atoms with Crippen molar-refractivity contribution in [2.45, 2.75) is 26.2 Å². The van der Waals surface area contributed by atoms with E-state index in [-0.39, 0.29) is 0 Å². The van der Waals surface area contributed by atoms with Gasteiger partial charge in [0.2, 0.25) is 0 Å². The molecular formula is C19H31N3O2. The van der Waals surface area contributed by atoms with Gasteiger partial charge in [-0.2, -0.15) is 0 Å². The largest absolute Gasteiger partial charge is 0.494 e. The average Bonchev–Trinajstić information content (AvgIpc) is 3.10. The summed E-state index contributed by atoms with van der Waals surface area (Å²) in [6, 6.07) is 8.34. The van der Waals surface area contributed by atoms with Crippen LogP contribution in [0.25, 0.3) is 0 Å². The van der Waals surface area contributed by atoms with Gasteiger partial charge < -0.3 is 19.7 Å². The molecule has 1 atom stereocenters. The van der Waals surface area contributed by atoms with Gasteiger partial charge in [-0.25, -0.2) is 0 Å². The van der Waals surface area contributed by atoms with Gasteiger partial charge in [0.25, 0.3) is 0 Å². The van der Waals surface area contributed by atoms with Gasteiger partial charge >= 0.3 is 0 Å². The highest BCUT2D eigenvalue weighted by atomic mass is 16.5. The number of rotatable bonds is 8. The van der Waals surface area contributed by atoms with Crippen LogP contribution in [0.4, 0.5) is 0 Å². The predicted molar refractivity (Wildman–Crippen MR) is 98.8 cm³/mol. The number of guanidine groups is 1. The van der Waals surface area contributed by atoms with Gasteiger partial charge in [-0.05, 0) is 37.0 Å². The third kappa shape index (κ3) is 6.04. The van der Waals surface area contributed by atoms with E-state index in [0.29, 0.717) is 5.92 Å². The first kappa shape index (κ1) is 18.6. The molecule has 134 valence electrons. The van der Waals surface area contributed by atoms with Gasteiger partial charge in [0.1, 0.15) is 5.75 Å². The summed E-state index contributed by atoms with van der Waals surface area (Å²) in [6.45, 7) is 6.49. The molecule has 5 nitrogen and oxygen atoms in total. The molecular weight excluding hydrogens is 302 g/mol. The number of ether oxygens (including phenoxy) is 2. The zero-order valence-corrected chi connectivity index (χ0v) is 15.3. The van der Waals surface area contributed by atoms with Gasteiger partial charge in [0.15, 0.2) is 5.96 Å². The van der Waals surface area contributed by atoms with Crippen LogP contribution in [0.2, 0.25) is 0 Å². The second-order valence-corrected chi connectivity index (χ2v) is 6.33. The molecule has 0 saturated carbocycles. The molecule has 0 bridgehead atoms. The first-order chi connectivity index (χ1) is 11.7. The normalized spacial score (nSPS) is 17.8. The maximum atomic E-state index is 5.69. The van der Waals surface area contributed by atoms with Crippen molar-refractivity contribution in [2.24, 2.45) is 10.9 Å². The Morgan fingerprint density at radius 2 is 2.33 bits per heavy atom. The molecule has 1 aromatic carbocycles. The van der Waals surface area contributed by atoms with E-state index in [9.17, 15) is 0 Å². The van der Waals surface area contributed by atoms with E-state index in [1.54, 1.807) is 0 Å². The maximum Gasteiger partial charge on any atom is 0.193 e. The topological polar surface area (TPSA) is 46.1 Å². The molecule has 1 heterocycles. The number of nitrogens with one attached hydrogen (secondary N) is 1. The maximum absolute atomic E-state index is 5.69. The molecule has 0 amide bonds. The molecule has 0 spiro atoms. The predicted octanol–water partition coefficient (Wildman–Crippen LogP) is 2.56. The summed E-state index contributed by atoms with van der Waals surface area (Å²) in [5.74, 6) is 2.51. The Morgan fingerprint density at radius 1 is 1.46 bits per heavy atom. The molecule has 5 heteroatoms. The molecule has 1 aliphatic heterocycles. The summed E-state index contributed by atoms with van der Waals surface area (Å²) in [6.07, 6.45) is 3.12. The van der Waals surface area contributed by atoms with Gasteiger partial charge in [-0.3, -0.25) is 4.99 Å². The number of aliphatic imine (C=N–C) groups is 1. The fraction of sp³-hybridized carbons (Fsp3) is 0.632. The van der Waals surface area contributed by atoms with Gasteiger partial charge in [-0.1, -0.05) is 19.1 Å². The minimum Gasteiger partial charge on any atom is -0.494 e. The van der Waals surface area contributed by atoms with Gasteiger partial charge in [-0.15, -0.1) is 0 Å². The van der Waals surface area contributed by atoms with Crippen LogP contribution in [0, 0.1) is 5.92 Å². The summed E-state index contributed by atoms with van der Waals surface area (Å²) in [5, 5.41) is 3.45. The highest BCUT2D eigenvalue weighted by Crippen LogP contribution is 2.14. The minimum absolute atomic E-state index is 0.612. The van der Waals surface area contributed by atoms with E-state index in [4.69, 9.17) is 9.47 Å². The summed E-state index contributed by atoms with van der Waals surface area (Å²) in [7, 11) is 3.93. The van der Waals surface area contributed by atoms with Gasteiger partial charge in [0.05, 0.1) is 13.2 Å². The highest BCUT2D eigenvalue weighted by molar-refractivity contribution is 5.79. The second-order valence-electron chi connectivity index (χ2n) is 6.33. The number of hydrogen-bond acceptors (Lipinski definition) is 3. The zero-order chi connectivity index (χ0) is 17.2. The van der Waals surface area contributed by atoms with E-state index in [1.807, 2.05) is 13.1 Å². The Bertz CT molecular complexity index is 513. The van der Waals surface area contributed by atoms with Crippen LogP contribution in [-0.4, -0.2) is 57.9 Å². The first-order valence-electron chi connectivity index (χ1n) is 8.94. The fourth-order valence-corrected chi connectivity index (χ4v) is 2.92. The molecule has 1 aliphatic rings. The van der Waals surface area contributed by atoms with E-state index < -0.39 is 0 Å². The van der Waals surface area contributed by atoms with Gasteiger partial charge in [0, 0.05) is 39.7 Å². The van der Waals surface area contributed by atoms with Crippen LogP contribution in [0.5, 0.6) is 5.75 Å². The van der Waals surface area contributed by atoms with Crippen LogP contribution >= 0.6 is 0 Å². The van der Waals surface area contributed by atoms with Crippen molar-refractivity contribution in [1.29, 1.82) is 0 Å². The average molecular weight is 333 g/mol. The van der Waals surface area contributed by atoms with E-state index in [0.717, 1.165) is 63.9 Å². The monoisotopic (exact) mass is 333 g/mol. The Hall–Kier alpha value is -1.75. The highest BCUT2D eigenvalue weighted by Gasteiger charge is 2.18. The van der Waals surface area contributed by atoms with Crippen LogP contribution in [-0.2, 0) is 11.2 Å². The number of benzene rings is 1. The van der Waals surface area contributed by atoms with E-state index in [2.05, 4.69) is 47.4 Å². The van der Waals surface area contributed by atoms with Crippen molar-refractivity contribution in [3.05, 3.63) is 29.8 Å². The Labute approximate surface area is 146 Å². The van der Waals surface area contributed by atoms with E-state index in [1.165, 1.54) is 5.56 Å². The molecule has 24 heavy (non-hydrogen) atoms. The summed E-state index contributed by atoms with van der Waals surface area (Å²) < 4.78 is 11.1. The molecule has 1 aromatic rings. The lowest BCUT2D eigenvalue weighted by Crippen LogP contribution is -2.42. The molecule has 1 N–H and O–H groups in total. The summed E-state index contributed by atoms with van der Waals surface area (Å²) in [5.41, 5.74) is 1.28. The lowest BCUT2D eigenvalue weighted by atomic mass is 10.1.